The second-order valence-electron chi connectivity index (χ2n) is 6.01. The topological polar surface area (TPSA) is 57.0 Å². The standard InChI is InChI=1S/C21H23N3O/c1-2-3-9-14-22-20-15-19(24-23-16-10-5-4-6-11-16)17-12-7-8-13-18(17)21(20)25/h4-8,10-13,15,22,25H,2-3,9,14H2,1H3/b24-23+. The summed E-state index contributed by atoms with van der Waals surface area (Å²) in [6.07, 6.45) is 3.41. The molecule has 0 fully saturated rings. The SMILES string of the molecule is CCCCCNc1cc(/N=N/c2ccccc2)c2ccccc2c1O. The van der Waals surface area contributed by atoms with E-state index in [-0.39, 0.29) is 5.75 Å². The molecular weight excluding hydrogens is 310 g/mol. The van der Waals surface area contributed by atoms with Gasteiger partial charge in [0.25, 0.3) is 0 Å². The van der Waals surface area contributed by atoms with E-state index in [0.717, 1.165) is 35.1 Å². The Morgan fingerprint density at radius 1 is 0.880 bits per heavy atom. The Morgan fingerprint density at radius 2 is 1.60 bits per heavy atom. The zero-order chi connectivity index (χ0) is 17.5. The van der Waals surface area contributed by atoms with Crippen molar-refractivity contribution < 1.29 is 5.11 Å². The fourth-order valence-corrected chi connectivity index (χ4v) is 2.76. The van der Waals surface area contributed by atoms with Crippen molar-refractivity contribution in [1.82, 2.24) is 0 Å². The van der Waals surface area contributed by atoms with Gasteiger partial charge in [-0.1, -0.05) is 62.2 Å². The zero-order valence-electron chi connectivity index (χ0n) is 14.4. The molecule has 4 nitrogen and oxygen atoms in total. The first-order chi connectivity index (χ1) is 12.3. The number of nitrogens with one attached hydrogen (secondary N) is 1. The van der Waals surface area contributed by atoms with Crippen LogP contribution in [0.1, 0.15) is 26.2 Å². The van der Waals surface area contributed by atoms with Gasteiger partial charge in [0.1, 0.15) is 5.75 Å². The van der Waals surface area contributed by atoms with Crippen LogP contribution in [0.15, 0.2) is 70.9 Å². The molecule has 0 aliphatic carbocycles. The molecule has 25 heavy (non-hydrogen) atoms. The number of azo groups is 1. The van der Waals surface area contributed by atoms with Crippen LogP contribution in [0.25, 0.3) is 10.8 Å². The number of aromatic hydroxyl groups is 1. The van der Waals surface area contributed by atoms with Gasteiger partial charge in [-0.25, -0.2) is 0 Å². The fraction of sp³-hybridized carbons (Fsp3) is 0.238. The second-order valence-corrected chi connectivity index (χ2v) is 6.01. The third kappa shape index (κ3) is 4.15. The third-order valence-corrected chi connectivity index (χ3v) is 4.12. The lowest BCUT2D eigenvalue weighted by Gasteiger charge is -2.12. The highest BCUT2D eigenvalue weighted by Gasteiger charge is 2.10. The number of hydrogen-bond donors (Lipinski definition) is 2. The molecule has 2 N–H and O–H groups in total. The number of hydrogen-bond acceptors (Lipinski definition) is 4. The molecule has 4 heteroatoms. The summed E-state index contributed by atoms with van der Waals surface area (Å²) in [6.45, 7) is 3.00. The van der Waals surface area contributed by atoms with Gasteiger partial charge in [0.15, 0.2) is 0 Å². The maximum Gasteiger partial charge on any atom is 0.146 e. The minimum absolute atomic E-state index is 0.269. The molecule has 3 rings (SSSR count). The van der Waals surface area contributed by atoms with E-state index < -0.39 is 0 Å². The highest BCUT2D eigenvalue weighted by Crippen LogP contribution is 2.39. The quantitative estimate of drug-likeness (QED) is 0.292. The van der Waals surface area contributed by atoms with Gasteiger partial charge in [0, 0.05) is 17.3 Å². The molecule has 0 heterocycles. The number of fused-ring (bicyclic) bond motifs is 1. The van der Waals surface area contributed by atoms with E-state index in [1.807, 2.05) is 60.7 Å². The van der Waals surface area contributed by atoms with E-state index in [0.29, 0.717) is 5.69 Å². The number of phenolic OH excluding ortho intramolecular Hbond substituents is 1. The second kappa shape index (κ2) is 8.29. The Kier molecular flexibility index (Phi) is 5.62. The fourth-order valence-electron chi connectivity index (χ4n) is 2.76. The van der Waals surface area contributed by atoms with E-state index >= 15 is 0 Å². The third-order valence-electron chi connectivity index (χ3n) is 4.12. The van der Waals surface area contributed by atoms with Crippen molar-refractivity contribution in [3.05, 3.63) is 60.7 Å². The van der Waals surface area contributed by atoms with Crippen LogP contribution in [0.4, 0.5) is 17.1 Å². The zero-order valence-corrected chi connectivity index (χ0v) is 14.4. The van der Waals surface area contributed by atoms with Crippen LogP contribution < -0.4 is 5.32 Å². The van der Waals surface area contributed by atoms with Crippen molar-refractivity contribution in [2.75, 3.05) is 11.9 Å². The van der Waals surface area contributed by atoms with Gasteiger partial charge in [-0.2, -0.15) is 5.11 Å². The van der Waals surface area contributed by atoms with Crippen LogP contribution in [-0.2, 0) is 0 Å². The summed E-state index contributed by atoms with van der Waals surface area (Å²) in [4.78, 5) is 0. The molecule has 3 aromatic carbocycles. The number of unbranched alkanes of at least 4 members (excludes halogenated alkanes) is 2. The van der Waals surface area contributed by atoms with Crippen LogP contribution in [0.3, 0.4) is 0 Å². The first-order valence-electron chi connectivity index (χ1n) is 8.75. The van der Waals surface area contributed by atoms with E-state index in [2.05, 4.69) is 22.5 Å². The average molecular weight is 333 g/mol. The molecule has 0 spiro atoms. The predicted octanol–water partition coefficient (Wildman–Crippen LogP) is 6.56. The lowest BCUT2D eigenvalue weighted by molar-refractivity contribution is 0.483. The van der Waals surface area contributed by atoms with E-state index in [4.69, 9.17) is 0 Å². The van der Waals surface area contributed by atoms with Crippen LogP contribution in [-0.4, -0.2) is 11.7 Å². The van der Waals surface area contributed by atoms with Crippen molar-refractivity contribution in [3.63, 3.8) is 0 Å². The number of benzene rings is 3. The van der Waals surface area contributed by atoms with Crippen LogP contribution in [0.2, 0.25) is 0 Å². The predicted molar refractivity (Wildman–Crippen MR) is 104 cm³/mol. The number of phenols is 1. The van der Waals surface area contributed by atoms with Gasteiger partial charge in [0.2, 0.25) is 0 Å². The molecule has 3 aromatic rings. The number of nitrogens with zero attached hydrogens (tertiary/aromatic N) is 2. The highest BCUT2D eigenvalue weighted by molar-refractivity contribution is 6.00. The van der Waals surface area contributed by atoms with Crippen LogP contribution >= 0.6 is 0 Å². The minimum Gasteiger partial charge on any atom is -0.505 e. The molecule has 128 valence electrons. The molecule has 0 saturated carbocycles. The summed E-state index contributed by atoms with van der Waals surface area (Å²) in [7, 11) is 0. The summed E-state index contributed by atoms with van der Waals surface area (Å²) in [6, 6.07) is 19.2. The van der Waals surface area contributed by atoms with E-state index in [1.54, 1.807) is 0 Å². The summed E-state index contributed by atoms with van der Waals surface area (Å²) >= 11 is 0. The summed E-state index contributed by atoms with van der Waals surface area (Å²) in [5, 5.41) is 24.3. The highest BCUT2D eigenvalue weighted by atomic mass is 16.3. The maximum atomic E-state index is 10.6. The van der Waals surface area contributed by atoms with Gasteiger partial charge >= 0.3 is 0 Å². The van der Waals surface area contributed by atoms with Crippen molar-refractivity contribution >= 4 is 27.8 Å². The van der Waals surface area contributed by atoms with Crippen molar-refractivity contribution in [1.29, 1.82) is 0 Å². The Labute approximate surface area is 148 Å². The first-order valence-corrected chi connectivity index (χ1v) is 8.75. The minimum atomic E-state index is 0.269. The molecule has 0 atom stereocenters. The monoisotopic (exact) mass is 333 g/mol. The molecule has 0 amide bonds. The average Bonchev–Trinajstić information content (AvgIpc) is 2.67. The Balaban J connectivity index is 1.95. The lowest BCUT2D eigenvalue weighted by atomic mass is 10.1. The van der Waals surface area contributed by atoms with Gasteiger partial charge in [-0.05, 0) is 24.6 Å². The molecular formula is C21H23N3O. The van der Waals surface area contributed by atoms with Crippen LogP contribution in [0, 0.1) is 0 Å². The van der Waals surface area contributed by atoms with E-state index in [1.165, 1.54) is 12.8 Å². The maximum absolute atomic E-state index is 10.6. The molecule has 0 aromatic heterocycles. The Hall–Kier alpha value is -2.88. The van der Waals surface area contributed by atoms with Crippen LogP contribution in [0.5, 0.6) is 5.75 Å². The summed E-state index contributed by atoms with van der Waals surface area (Å²) < 4.78 is 0. The summed E-state index contributed by atoms with van der Waals surface area (Å²) in [5.41, 5.74) is 2.25. The van der Waals surface area contributed by atoms with Gasteiger partial charge in [0.05, 0.1) is 17.1 Å². The Bertz CT molecular complexity index is 860. The largest absolute Gasteiger partial charge is 0.505 e. The molecule has 0 radical (unpaired) electrons. The normalized spacial score (nSPS) is 11.2. The molecule has 0 aliphatic heterocycles. The smallest absolute Gasteiger partial charge is 0.146 e. The van der Waals surface area contributed by atoms with Crippen molar-refractivity contribution in [2.24, 2.45) is 10.2 Å². The van der Waals surface area contributed by atoms with Crippen molar-refractivity contribution in [2.45, 2.75) is 26.2 Å². The van der Waals surface area contributed by atoms with Gasteiger partial charge < -0.3 is 10.4 Å². The molecule has 0 bridgehead atoms. The first kappa shape index (κ1) is 17.0. The lowest BCUT2D eigenvalue weighted by Crippen LogP contribution is -2.01. The van der Waals surface area contributed by atoms with E-state index in [9.17, 15) is 5.11 Å². The molecule has 0 saturated heterocycles. The van der Waals surface area contributed by atoms with Gasteiger partial charge in [-0.3, -0.25) is 0 Å². The molecule has 0 unspecified atom stereocenters. The van der Waals surface area contributed by atoms with Crippen molar-refractivity contribution in [3.8, 4) is 5.75 Å². The summed E-state index contributed by atoms with van der Waals surface area (Å²) in [5.74, 6) is 0.269. The number of anilines is 1. The van der Waals surface area contributed by atoms with Gasteiger partial charge in [-0.15, -0.1) is 5.11 Å². The molecule has 0 aliphatic rings. The number of rotatable bonds is 7. The Morgan fingerprint density at radius 3 is 2.36 bits per heavy atom.